The zero-order valence-electron chi connectivity index (χ0n) is 13.8. The largest absolute Gasteiger partial charge is 0.315 e. The zero-order chi connectivity index (χ0) is 16.4. The Hall–Kier alpha value is -2.61. The highest BCUT2D eigenvalue weighted by Gasteiger charge is 2.12. The van der Waals surface area contributed by atoms with E-state index >= 15 is 0 Å². The number of likely N-dealkylation sites (N-methyl/N-ethyl adjacent to an activating group) is 1. The van der Waals surface area contributed by atoms with Crippen LogP contribution in [-0.2, 0) is 11.2 Å². The fourth-order valence-corrected chi connectivity index (χ4v) is 2.74. The molecule has 0 aliphatic carbocycles. The van der Waals surface area contributed by atoms with Crippen LogP contribution in [0.4, 0.5) is 5.69 Å². The van der Waals surface area contributed by atoms with Gasteiger partial charge in [0.1, 0.15) is 0 Å². The summed E-state index contributed by atoms with van der Waals surface area (Å²) in [5.41, 5.74) is 4.47. The van der Waals surface area contributed by atoms with Gasteiger partial charge in [-0.1, -0.05) is 48.5 Å². The summed E-state index contributed by atoms with van der Waals surface area (Å²) >= 11 is 0. The van der Waals surface area contributed by atoms with Gasteiger partial charge in [0, 0.05) is 12.7 Å². The Labute approximate surface area is 137 Å². The van der Waals surface area contributed by atoms with Gasteiger partial charge in [0.05, 0.1) is 6.42 Å². The maximum absolute atomic E-state index is 12.6. The van der Waals surface area contributed by atoms with E-state index in [9.17, 15) is 4.79 Å². The molecule has 0 N–H and O–H groups in total. The van der Waals surface area contributed by atoms with Gasteiger partial charge in [0.25, 0.3) is 0 Å². The van der Waals surface area contributed by atoms with E-state index in [1.807, 2.05) is 31.3 Å². The Morgan fingerprint density at radius 2 is 1.61 bits per heavy atom. The predicted molar refractivity (Wildman–Crippen MR) is 97.0 cm³/mol. The highest BCUT2D eigenvalue weighted by Crippen LogP contribution is 2.22. The van der Waals surface area contributed by atoms with Crippen LogP contribution < -0.4 is 4.90 Å². The molecule has 3 aromatic rings. The standard InChI is InChI=1S/C21H21NO/c1-15-8-9-17(12-16(15)2)13-21(23)22(3)20-11-10-18-6-4-5-7-19(18)14-20/h4-12,14H,13H2,1-3H3. The van der Waals surface area contributed by atoms with E-state index in [-0.39, 0.29) is 5.91 Å². The summed E-state index contributed by atoms with van der Waals surface area (Å²) in [6, 6.07) is 20.5. The Morgan fingerprint density at radius 1 is 0.870 bits per heavy atom. The van der Waals surface area contributed by atoms with Crippen molar-refractivity contribution in [2.75, 3.05) is 11.9 Å². The van der Waals surface area contributed by atoms with Crippen LogP contribution in [-0.4, -0.2) is 13.0 Å². The van der Waals surface area contributed by atoms with Crippen LogP contribution >= 0.6 is 0 Å². The van der Waals surface area contributed by atoms with E-state index < -0.39 is 0 Å². The summed E-state index contributed by atoms with van der Waals surface area (Å²) in [5.74, 6) is 0.100. The van der Waals surface area contributed by atoms with Gasteiger partial charge in [0.15, 0.2) is 0 Å². The predicted octanol–water partition coefficient (Wildman–Crippen LogP) is 4.66. The highest BCUT2D eigenvalue weighted by atomic mass is 16.2. The molecule has 3 rings (SSSR count). The summed E-state index contributed by atoms with van der Waals surface area (Å²) in [7, 11) is 1.84. The number of anilines is 1. The Kier molecular flexibility index (Phi) is 4.16. The SMILES string of the molecule is Cc1ccc(CC(=O)N(C)c2ccc3ccccc3c2)cc1C. The average molecular weight is 303 g/mol. The molecule has 0 unspecified atom stereocenters. The van der Waals surface area contributed by atoms with Crippen LogP contribution in [0.25, 0.3) is 10.8 Å². The van der Waals surface area contributed by atoms with Crippen LogP contribution in [0.2, 0.25) is 0 Å². The van der Waals surface area contributed by atoms with Crippen molar-refractivity contribution in [3.63, 3.8) is 0 Å². The average Bonchev–Trinajstić information content (AvgIpc) is 2.57. The van der Waals surface area contributed by atoms with Gasteiger partial charge in [-0.3, -0.25) is 4.79 Å². The number of benzene rings is 3. The smallest absolute Gasteiger partial charge is 0.231 e. The molecule has 3 aromatic carbocycles. The first-order valence-electron chi connectivity index (χ1n) is 7.86. The van der Waals surface area contributed by atoms with Crippen LogP contribution in [0, 0.1) is 13.8 Å². The molecule has 2 nitrogen and oxygen atoms in total. The number of rotatable bonds is 3. The third kappa shape index (κ3) is 3.26. The minimum Gasteiger partial charge on any atom is -0.315 e. The van der Waals surface area contributed by atoms with Gasteiger partial charge < -0.3 is 4.90 Å². The first-order valence-corrected chi connectivity index (χ1v) is 7.86. The van der Waals surface area contributed by atoms with Crippen LogP contribution in [0.1, 0.15) is 16.7 Å². The van der Waals surface area contributed by atoms with Gasteiger partial charge >= 0.3 is 0 Å². The molecule has 0 heterocycles. The maximum Gasteiger partial charge on any atom is 0.231 e. The number of nitrogens with zero attached hydrogens (tertiary/aromatic N) is 1. The first-order chi connectivity index (χ1) is 11.0. The summed E-state index contributed by atoms with van der Waals surface area (Å²) in [4.78, 5) is 14.3. The molecule has 0 aliphatic rings. The molecule has 0 spiro atoms. The van der Waals surface area contributed by atoms with Gasteiger partial charge in [0.2, 0.25) is 5.91 Å². The molecule has 0 atom stereocenters. The fourth-order valence-electron chi connectivity index (χ4n) is 2.74. The van der Waals surface area contributed by atoms with Crippen molar-refractivity contribution in [1.82, 2.24) is 0 Å². The second kappa shape index (κ2) is 6.25. The number of carbonyl (C=O) groups is 1. The minimum atomic E-state index is 0.100. The zero-order valence-corrected chi connectivity index (χ0v) is 13.8. The monoisotopic (exact) mass is 303 g/mol. The van der Waals surface area contributed by atoms with Gasteiger partial charge in [-0.25, -0.2) is 0 Å². The topological polar surface area (TPSA) is 20.3 Å². The molecule has 0 fully saturated rings. The van der Waals surface area contributed by atoms with Crippen molar-refractivity contribution in [3.05, 3.63) is 77.4 Å². The fraction of sp³-hybridized carbons (Fsp3) is 0.190. The van der Waals surface area contributed by atoms with Crippen LogP contribution in [0.5, 0.6) is 0 Å². The van der Waals surface area contributed by atoms with Gasteiger partial charge in [-0.05, 0) is 53.4 Å². The quantitative estimate of drug-likeness (QED) is 0.689. The van der Waals surface area contributed by atoms with E-state index in [4.69, 9.17) is 0 Å². The van der Waals surface area contributed by atoms with Crippen molar-refractivity contribution in [3.8, 4) is 0 Å². The Morgan fingerprint density at radius 3 is 2.35 bits per heavy atom. The molecule has 0 saturated heterocycles. The Bertz CT molecular complexity index is 867. The number of hydrogen-bond donors (Lipinski definition) is 0. The third-order valence-corrected chi connectivity index (χ3v) is 4.42. The molecular formula is C21H21NO. The lowest BCUT2D eigenvalue weighted by molar-refractivity contribution is -0.117. The third-order valence-electron chi connectivity index (χ3n) is 4.42. The van der Waals surface area contributed by atoms with Crippen LogP contribution in [0.3, 0.4) is 0 Å². The van der Waals surface area contributed by atoms with Gasteiger partial charge in [-0.15, -0.1) is 0 Å². The normalized spacial score (nSPS) is 10.7. The van der Waals surface area contributed by atoms with E-state index in [0.717, 1.165) is 16.6 Å². The van der Waals surface area contributed by atoms with Crippen molar-refractivity contribution < 1.29 is 4.79 Å². The van der Waals surface area contributed by atoms with E-state index in [0.29, 0.717) is 6.42 Å². The number of aryl methyl sites for hydroxylation is 2. The summed E-state index contributed by atoms with van der Waals surface area (Å²) in [5, 5.41) is 2.34. The molecule has 116 valence electrons. The number of carbonyl (C=O) groups excluding carboxylic acids is 1. The first kappa shape index (κ1) is 15.3. The number of amides is 1. The second-order valence-electron chi connectivity index (χ2n) is 6.08. The highest BCUT2D eigenvalue weighted by molar-refractivity contribution is 5.97. The molecule has 2 heteroatoms. The van der Waals surface area contributed by atoms with E-state index in [1.165, 1.54) is 16.5 Å². The van der Waals surface area contributed by atoms with Crippen LogP contribution in [0.15, 0.2) is 60.7 Å². The van der Waals surface area contributed by atoms with E-state index in [1.54, 1.807) is 4.90 Å². The molecule has 0 saturated carbocycles. The van der Waals surface area contributed by atoms with Gasteiger partial charge in [-0.2, -0.15) is 0 Å². The second-order valence-corrected chi connectivity index (χ2v) is 6.08. The molecular weight excluding hydrogens is 282 g/mol. The lowest BCUT2D eigenvalue weighted by Gasteiger charge is -2.18. The summed E-state index contributed by atoms with van der Waals surface area (Å²) < 4.78 is 0. The van der Waals surface area contributed by atoms with Crippen molar-refractivity contribution in [2.24, 2.45) is 0 Å². The maximum atomic E-state index is 12.6. The van der Waals surface area contributed by atoms with Crippen molar-refractivity contribution in [1.29, 1.82) is 0 Å². The van der Waals surface area contributed by atoms with Crippen molar-refractivity contribution in [2.45, 2.75) is 20.3 Å². The number of fused-ring (bicyclic) bond motifs is 1. The molecule has 0 aliphatic heterocycles. The number of hydrogen-bond acceptors (Lipinski definition) is 1. The Balaban J connectivity index is 1.81. The molecule has 1 amide bonds. The lowest BCUT2D eigenvalue weighted by Crippen LogP contribution is -2.27. The summed E-state index contributed by atoms with van der Waals surface area (Å²) in [6.07, 6.45) is 0.421. The molecule has 0 bridgehead atoms. The lowest BCUT2D eigenvalue weighted by atomic mass is 10.0. The van der Waals surface area contributed by atoms with E-state index in [2.05, 4.69) is 50.2 Å². The summed E-state index contributed by atoms with van der Waals surface area (Å²) in [6.45, 7) is 4.17. The van der Waals surface area contributed by atoms with Crippen molar-refractivity contribution >= 4 is 22.4 Å². The minimum absolute atomic E-state index is 0.100. The molecule has 0 aromatic heterocycles. The molecule has 23 heavy (non-hydrogen) atoms. The molecule has 0 radical (unpaired) electrons.